The summed E-state index contributed by atoms with van der Waals surface area (Å²) in [6.07, 6.45) is -11.4. The Morgan fingerprint density at radius 1 is 0.935 bits per heavy atom. The first-order chi connectivity index (χ1) is 21.2. The standard InChI is InChI=1S/C31H29ClF7NO5S/c1-16-2-5-21(11-23(16)32)46(44,45)28-8-9-40(25(41)18-12-27(13-18)14-19(15-27)26(42)43)24(28)7-3-17-10-20(4-6-22(17)28)29(33,30(34,35)36)31(37,38)39/h2,4-6,10-11,18-19,24H,3,7-9,12-15H2,1H3,(H,42,43). The summed E-state index contributed by atoms with van der Waals surface area (Å²) >= 11 is 6.26. The minimum absolute atomic E-state index is 0.0527. The molecule has 0 bridgehead atoms. The minimum atomic E-state index is -6.35. The summed E-state index contributed by atoms with van der Waals surface area (Å²) in [5.41, 5.74) is -7.36. The van der Waals surface area contributed by atoms with Crippen LogP contribution in [0.1, 0.15) is 60.8 Å². The zero-order valence-corrected chi connectivity index (χ0v) is 25.9. The summed E-state index contributed by atoms with van der Waals surface area (Å²) < 4.78 is 124. The van der Waals surface area contributed by atoms with Gasteiger partial charge in [0, 0.05) is 23.0 Å². The fourth-order valence-corrected chi connectivity index (χ4v) is 11.0. The van der Waals surface area contributed by atoms with Gasteiger partial charge in [-0.05, 0) is 86.1 Å². The molecular weight excluding hydrogens is 667 g/mol. The number of carboxylic acids is 1. The molecule has 1 saturated heterocycles. The van der Waals surface area contributed by atoms with Crippen LogP contribution in [0, 0.1) is 24.2 Å². The van der Waals surface area contributed by atoms with Crippen molar-refractivity contribution in [1.29, 1.82) is 0 Å². The number of fused-ring (bicyclic) bond motifs is 3. The van der Waals surface area contributed by atoms with E-state index in [0.717, 1.165) is 6.07 Å². The van der Waals surface area contributed by atoms with Gasteiger partial charge in [0.05, 0.1) is 16.9 Å². The minimum Gasteiger partial charge on any atom is -0.481 e. The number of carbonyl (C=O) groups excluding carboxylic acids is 1. The third kappa shape index (κ3) is 4.51. The molecule has 250 valence electrons. The van der Waals surface area contributed by atoms with Crippen LogP contribution in [0.4, 0.5) is 30.7 Å². The number of benzene rings is 2. The first-order valence-electron chi connectivity index (χ1n) is 14.7. The van der Waals surface area contributed by atoms with Gasteiger partial charge < -0.3 is 10.0 Å². The van der Waals surface area contributed by atoms with E-state index in [9.17, 15) is 49.5 Å². The van der Waals surface area contributed by atoms with Crippen molar-refractivity contribution in [3.8, 4) is 0 Å². The quantitative estimate of drug-likeness (QED) is 0.339. The highest BCUT2D eigenvalue weighted by Gasteiger charge is 2.74. The molecule has 4 aliphatic rings. The largest absolute Gasteiger partial charge is 0.481 e. The lowest BCUT2D eigenvalue weighted by molar-refractivity contribution is -0.348. The summed E-state index contributed by atoms with van der Waals surface area (Å²) in [7, 11) is -4.51. The third-order valence-electron chi connectivity index (χ3n) is 10.7. The first-order valence-corrected chi connectivity index (χ1v) is 16.5. The van der Waals surface area contributed by atoms with E-state index in [1.165, 1.54) is 23.1 Å². The number of aryl methyl sites for hydroxylation is 2. The summed E-state index contributed by atoms with van der Waals surface area (Å²) in [5.74, 6) is -2.17. The normalized spacial score (nSPS) is 29.5. The van der Waals surface area contributed by atoms with Crippen molar-refractivity contribution in [2.45, 2.75) is 85.6 Å². The summed E-state index contributed by atoms with van der Waals surface area (Å²) in [6.45, 7) is 1.59. The predicted molar refractivity (Wildman–Crippen MR) is 150 cm³/mol. The molecule has 46 heavy (non-hydrogen) atoms. The zero-order chi connectivity index (χ0) is 33.8. The van der Waals surface area contributed by atoms with Gasteiger partial charge in [-0.15, -0.1) is 0 Å². The van der Waals surface area contributed by atoms with Crippen molar-refractivity contribution >= 4 is 33.3 Å². The Hall–Kier alpha value is -2.87. The van der Waals surface area contributed by atoms with Crippen LogP contribution in [0.5, 0.6) is 0 Å². The number of likely N-dealkylation sites (tertiary alicyclic amines) is 1. The highest BCUT2D eigenvalue weighted by atomic mass is 35.5. The number of nitrogens with zero attached hydrogens (tertiary/aromatic N) is 1. The fraction of sp³-hybridized carbons (Fsp3) is 0.548. The molecule has 1 N–H and O–H groups in total. The molecule has 6 nitrogen and oxygen atoms in total. The van der Waals surface area contributed by atoms with E-state index in [2.05, 4.69) is 0 Å². The van der Waals surface area contributed by atoms with E-state index in [1.54, 1.807) is 6.92 Å². The van der Waals surface area contributed by atoms with Crippen LogP contribution in [-0.2, 0) is 36.3 Å². The molecule has 15 heteroatoms. The van der Waals surface area contributed by atoms with Crippen LogP contribution in [0.3, 0.4) is 0 Å². The van der Waals surface area contributed by atoms with Gasteiger partial charge in [-0.1, -0.05) is 35.9 Å². The van der Waals surface area contributed by atoms with E-state index in [4.69, 9.17) is 11.6 Å². The van der Waals surface area contributed by atoms with Crippen LogP contribution in [0.15, 0.2) is 41.3 Å². The summed E-state index contributed by atoms with van der Waals surface area (Å²) in [5, 5.41) is 9.36. The molecular formula is C31H29ClF7NO5S. The Morgan fingerprint density at radius 3 is 2.11 bits per heavy atom. The van der Waals surface area contributed by atoms with Gasteiger partial charge in [0.1, 0.15) is 4.75 Å². The average molecular weight is 696 g/mol. The monoisotopic (exact) mass is 695 g/mol. The number of amides is 1. The van der Waals surface area contributed by atoms with E-state index in [0.29, 0.717) is 43.4 Å². The number of carbonyl (C=O) groups is 2. The number of carboxylic acid groups (broad SMARTS) is 1. The summed E-state index contributed by atoms with van der Waals surface area (Å²) in [4.78, 5) is 26.3. The van der Waals surface area contributed by atoms with Gasteiger partial charge >= 0.3 is 24.0 Å². The lowest BCUT2D eigenvalue weighted by atomic mass is 9.48. The second-order valence-corrected chi connectivity index (χ2v) is 15.8. The van der Waals surface area contributed by atoms with Gasteiger partial charge in [0.25, 0.3) is 0 Å². The maximum Gasteiger partial charge on any atom is 0.435 e. The topological polar surface area (TPSA) is 91.8 Å². The van der Waals surface area contributed by atoms with E-state index >= 15 is 4.39 Å². The highest BCUT2D eigenvalue weighted by Crippen LogP contribution is 2.63. The number of hydrogen-bond donors (Lipinski definition) is 1. The zero-order valence-electron chi connectivity index (χ0n) is 24.3. The molecule has 1 heterocycles. The van der Waals surface area contributed by atoms with Crippen molar-refractivity contribution in [3.05, 3.63) is 63.7 Å². The number of rotatable bonds is 5. The smallest absolute Gasteiger partial charge is 0.435 e. The first kappa shape index (κ1) is 33.0. The Bertz CT molecular complexity index is 1720. The van der Waals surface area contributed by atoms with Gasteiger partial charge in [0.15, 0.2) is 9.84 Å². The molecule has 2 aromatic carbocycles. The van der Waals surface area contributed by atoms with Crippen molar-refractivity contribution in [1.82, 2.24) is 4.90 Å². The maximum atomic E-state index is 15.1. The van der Waals surface area contributed by atoms with E-state index in [1.807, 2.05) is 0 Å². The molecule has 2 atom stereocenters. The van der Waals surface area contributed by atoms with Crippen LogP contribution in [0.2, 0.25) is 5.02 Å². The van der Waals surface area contributed by atoms with Crippen molar-refractivity contribution in [2.24, 2.45) is 17.3 Å². The third-order valence-corrected chi connectivity index (χ3v) is 13.6. The molecule has 2 unspecified atom stereocenters. The molecule has 1 aliphatic heterocycles. The number of sulfone groups is 1. The number of hydrogen-bond acceptors (Lipinski definition) is 4. The lowest BCUT2D eigenvalue weighted by Gasteiger charge is -2.57. The number of halogens is 8. The molecule has 6 rings (SSSR count). The SMILES string of the molecule is Cc1ccc(S(=O)(=O)C23CCN(C(=O)C4CC5(CC(C(=O)O)C5)C4)C2CCc2cc(C(F)(C(F)(F)F)C(F)(F)F)ccc23)cc1Cl. The Morgan fingerprint density at radius 2 is 1.54 bits per heavy atom. The molecule has 2 saturated carbocycles. The Labute approximate surface area is 264 Å². The van der Waals surface area contributed by atoms with Crippen LogP contribution >= 0.6 is 11.6 Å². The van der Waals surface area contributed by atoms with Crippen molar-refractivity contribution < 1.29 is 53.8 Å². The lowest BCUT2D eigenvalue weighted by Crippen LogP contribution is -2.57. The van der Waals surface area contributed by atoms with E-state index in [-0.39, 0.29) is 58.2 Å². The van der Waals surface area contributed by atoms with Crippen LogP contribution < -0.4 is 0 Å². The fourth-order valence-electron chi connectivity index (χ4n) is 8.33. The Kier molecular flexibility index (Phi) is 7.41. The van der Waals surface area contributed by atoms with Crippen molar-refractivity contribution in [3.63, 3.8) is 0 Å². The molecule has 2 aromatic rings. The molecule has 3 fully saturated rings. The number of aliphatic carboxylic acids is 1. The average Bonchev–Trinajstić information content (AvgIpc) is 3.32. The predicted octanol–water partition coefficient (Wildman–Crippen LogP) is 7.05. The van der Waals surface area contributed by atoms with Crippen LogP contribution in [-0.4, -0.2) is 55.2 Å². The van der Waals surface area contributed by atoms with Gasteiger partial charge in [0.2, 0.25) is 5.91 Å². The van der Waals surface area contributed by atoms with Crippen LogP contribution in [0.25, 0.3) is 0 Å². The van der Waals surface area contributed by atoms with Crippen molar-refractivity contribution in [2.75, 3.05) is 6.54 Å². The molecule has 0 aromatic heterocycles. The van der Waals surface area contributed by atoms with E-state index < -0.39 is 62.0 Å². The molecule has 1 spiro atoms. The molecule has 0 radical (unpaired) electrons. The maximum absolute atomic E-state index is 15.1. The second-order valence-electron chi connectivity index (χ2n) is 13.2. The second kappa shape index (κ2) is 10.3. The molecule has 3 aliphatic carbocycles. The Balaban J connectivity index is 1.42. The number of alkyl halides is 7. The molecule has 1 amide bonds. The summed E-state index contributed by atoms with van der Waals surface area (Å²) in [6, 6.07) is 4.57. The van der Waals surface area contributed by atoms with Gasteiger partial charge in [-0.3, -0.25) is 9.59 Å². The van der Waals surface area contributed by atoms with Gasteiger partial charge in [-0.25, -0.2) is 12.8 Å². The van der Waals surface area contributed by atoms with Gasteiger partial charge in [-0.2, -0.15) is 26.3 Å². The highest BCUT2D eigenvalue weighted by molar-refractivity contribution is 7.92.